The summed E-state index contributed by atoms with van der Waals surface area (Å²) in [5.41, 5.74) is 1.24. The Hall–Kier alpha value is -2.33. The normalized spacial score (nSPS) is 15.1. The number of rotatable bonds is 2. The highest BCUT2D eigenvalue weighted by Crippen LogP contribution is 2.27. The number of hydrogen-bond donors (Lipinski definition) is 0. The monoisotopic (exact) mass is 322 g/mol. The molecule has 1 aromatic heterocycles. The molecule has 1 saturated heterocycles. The van der Waals surface area contributed by atoms with Crippen molar-refractivity contribution in [3.8, 4) is 0 Å². The minimum absolute atomic E-state index is 0.166. The lowest BCUT2D eigenvalue weighted by molar-refractivity contribution is 0.0752. The van der Waals surface area contributed by atoms with Gasteiger partial charge in [-0.25, -0.2) is 0 Å². The molecule has 2 aromatic carbocycles. The molecule has 116 valence electrons. The summed E-state index contributed by atoms with van der Waals surface area (Å²) in [6, 6.07) is 20.6. The number of nitrogens with zero attached hydrogens (tertiary/aromatic N) is 2. The van der Waals surface area contributed by atoms with E-state index in [-0.39, 0.29) is 5.91 Å². The molecule has 0 atom stereocenters. The maximum Gasteiger partial charge on any atom is 0.264 e. The molecule has 2 heterocycles. The molecule has 0 bridgehead atoms. The molecule has 0 unspecified atom stereocenters. The van der Waals surface area contributed by atoms with Gasteiger partial charge in [-0.2, -0.15) is 0 Å². The fraction of sp³-hybridized carbons (Fsp3) is 0.211. The van der Waals surface area contributed by atoms with Crippen molar-refractivity contribution in [3.63, 3.8) is 0 Å². The third-order valence-corrected chi connectivity index (χ3v) is 5.43. The smallest absolute Gasteiger partial charge is 0.264 e. The highest BCUT2D eigenvalue weighted by atomic mass is 32.1. The van der Waals surface area contributed by atoms with Gasteiger partial charge in [-0.15, -0.1) is 11.3 Å². The van der Waals surface area contributed by atoms with Crippen LogP contribution in [0.15, 0.2) is 60.7 Å². The Bertz CT molecular complexity index is 787. The minimum atomic E-state index is 0.166. The third-order valence-electron chi connectivity index (χ3n) is 4.32. The van der Waals surface area contributed by atoms with Gasteiger partial charge in [0.15, 0.2) is 0 Å². The average molecular weight is 322 g/mol. The summed E-state index contributed by atoms with van der Waals surface area (Å²) in [6.45, 7) is 3.34. The van der Waals surface area contributed by atoms with Gasteiger partial charge in [-0.1, -0.05) is 36.4 Å². The molecule has 0 aliphatic carbocycles. The predicted molar refractivity (Wildman–Crippen MR) is 96.4 cm³/mol. The molecule has 4 heteroatoms. The zero-order valence-electron chi connectivity index (χ0n) is 12.8. The topological polar surface area (TPSA) is 23.6 Å². The summed E-state index contributed by atoms with van der Waals surface area (Å²) < 4.78 is 1.18. The number of carbonyl (C=O) groups is 1. The van der Waals surface area contributed by atoms with Crippen LogP contribution in [0.25, 0.3) is 10.1 Å². The lowest BCUT2D eigenvalue weighted by Crippen LogP contribution is -2.48. The molecule has 1 aliphatic rings. The Morgan fingerprint density at radius 1 is 0.870 bits per heavy atom. The van der Waals surface area contributed by atoms with Gasteiger partial charge >= 0.3 is 0 Å². The predicted octanol–water partition coefficient (Wildman–Crippen LogP) is 3.86. The Morgan fingerprint density at radius 2 is 1.57 bits per heavy atom. The first-order valence-corrected chi connectivity index (χ1v) is 8.71. The van der Waals surface area contributed by atoms with Crippen LogP contribution in [0.2, 0.25) is 0 Å². The van der Waals surface area contributed by atoms with Gasteiger partial charge in [0.25, 0.3) is 5.91 Å². The molecule has 0 N–H and O–H groups in total. The molecule has 0 spiro atoms. The molecular formula is C19H18N2OS. The van der Waals surface area contributed by atoms with Crippen molar-refractivity contribution >= 4 is 33.0 Å². The van der Waals surface area contributed by atoms with E-state index in [1.54, 1.807) is 11.3 Å². The highest BCUT2D eigenvalue weighted by Gasteiger charge is 2.23. The summed E-state index contributed by atoms with van der Waals surface area (Å²) >= 11 is 1.59. The second-order valence-electron chi connectivity index (χ2n) is 5.76. The summed E-state index contributed by atoms with van der Waals surface area (Å²) in [4.78, 5) is 17.9. The second kappa shape index (κ2) is 6.05. The Balaban J connectivity index is 1.46. The molecule has 1 amide bonds. The van der Waals surface area contributed by atoms with E-state index < -0.39 is 0 Å². The number of para-hydroxylation sites is 1. The van der Waals surface area contributed by atoms with Gasteiger partial charge in [0.1, 0.15) is 0 Å². The summed E-state index contributed by atoms with van der Waals surface area (Å²) in [7, 11) is 0. The SMILES string of the molecule is O=C(c1cc2ccccc2s1)N1CCN(c2ccccc2)CC1. The van der Waals surface area contributed by atoms with Crippen molar-refractivity contribution in [2.45, 2.75) is 0 Å². The largest absolute Gasteiger partial charge is 0.368 e. The molecule has 1 fully saturated rings. The fourth-order valence-electron chi connectivity index (χ4n) is 3.05. The zero-order chi connectivity index (χ0) is 15.6. The maximum absolute atomic E-state index is 12.7. The lowest BCUT2D eigenvalue weighted by Gasteiger charge is -2.35. The summed E-state index contributed by atoms with van der Waals surface area (Å²) in [5, 5.41) is 1.16. The third kappa shape index (κ3) is 2.82. The number of anilines is 1. The van der Waals surface area contributed by atoms with Gasteiger partial charge < -0.3 is 9.80 Å². The first-order chi connectivity index (χ1) is 11.3. The molecule has 23 heavy (non-hydrogen) atoms. The number of benzene rings is 2. The Kier molecular flexibility index (Phi) is 3.75. The first kappa shape index (κ1) is 14.3. The van der Waals surface area contributed by atoms with Crippen molar-refractivity contribution in [2.24, 2.45) is 0 Å². The van der Waals surface area contributed by atoms with Crippen LogP contribution in [0.1, 0.15) is 9.67 Å². The van der Waals surface area contributed by atoms with Gasteiger partial charge in [0, 0.05) is 36.6 Å². The average Bonchev–Trinajstić information content (AvgIpc) is 3.06. The standard InChI is InChI=1S/C19H18N2OS/c22-19(18-14-15-6-4-5-9-17(15)23-18)21-12-10-20(11-13-21)16-7-2-1-3-8-16/h1-9,14H,10-13H2. The number of amides is 1. The lowest BCUT2D eigenvalue weighted by atomic mass is 10.2. The van der Waals surface area contributed by atoms with Gasteiger partial charge in [0.2, 0.25) is 0 Å². The van der Waals surface area contributed by atoms with Gasteiger partial charge in [-0.3, -0.25) is 4.79 Å². The van der Waals surface area contributed by atoms with E-state index in [0.29, 0.717) is 0 Å². The Labute approximate surface area is 139 Å². The van der Waals surface area contributed by atoms with Crippen LogP contribution in [0.3, 0.4) is 0 Å². The molecule has 4 rings (SSSR count). The van der Waals surface area contributed by atoms with Crippen molar-refractivity contribution in [1.29, 1.82) is 0 Å². The molecule has 0 radical (unpaired) electrons. The quantitative estimate of drug-likeness (QED) is 0.715. The number of fused-ring (bicyclic) bond motifs is 1. The van der Waals surface area contributed by atoms with Crippen LogP contribution in [-0.2, 0) is 0 Å². The molecule has 1 aliphatic heterocycles. The van der Waals surface area contributed by atoms with Crippen LogP contribution in [-0.4, -0.2) is 37.0 Å². The number of thiophene rings is 1. The maximum atomic E-state index is 12.7. The van der Waals surface area contributed by atoms with E-state index in [2.05, 4.69) is 41.3 Å². The van der Waals surface area contributed by atoms with E-state index in [1.807, 2.05) is 29.2 Å². The van der Waals surface area contributed by atoms with E-state index >= 15 is 0 Å². The van der Waals surface area contributed by atoms with Crippen LogP contribution in [0, 0.1) is 0 Å². The van der Waals surface area contributed by atoms with E-state index in [9.17, 15) is 4.79 Å². The van der Waals surface area contributed by atoms with Crippen molar-refractivity contribution in [2.75, 3.05) is 31.1 Å². The molecule has 0 saturated carbocycles. The molecular weight excluding hydrogens is 304 g/mol. The highest BCUT2D eigenvalue weighted by molar-refractivity contribution is 7.20. The van der Waals surface area contributed by atoms with E-state index in [4.69, 9.17) is 0 Å². The minimum Gasteiger partial charge on any atom is -0.368 e. The van der Waals surface area contributed by atoms with Crippen LogP contribution < -0.4 is 4.90 Å². The number of hydrogen-bond acceptors (Lipinski definition) is 3. The van der Waals surface area contributed by atoms with Crippen LogP contribution in [0.4, 0.5) is 5.69 Å². The van der Waals surface area contributed by atoms with E-state index in [1.165, 1.54) is 10.4 Å². The van der Waals surface area contributed by atoms with Crippen molar-refractivity contribution in [1.82, 2.24) is 4.90 Å². The van der Waals surface area contributed by atoms with Crippen LogP contribution >= 0.6 is 11.3 Å². The first-order valence-electron chi connectivity index (χ1n) is 7.89. The zero-order valence-corrected chi connectivity index (χ0v) is 13.6. The summed E-state index contributed by atoms with van der Waals surface area (Å²) in [5.74, 6) is 0.166. The fourth-order valence-corrected chi connectivity index (χ4v) is 4.08. The number of carbonyl (C=O) groups excluding carboxylic acids is 1. The van der Waals surface area contributed by atoms with Gasteiger partial charge in [0.05, 0.1) is 4.88 Å². The number of piperazine rings is 1. The van der Waals surface area contributed by atoms with Gasteiger partial charge in [-0.05, 0) is 29.7 Å². The van der Waals surface area contributed by atoms with Crippen LogP contribution in [0.5, 0.6) is 0 Å². The van der Waals surface area contributed by atoms with Crippen molar-refractivity contribution in [3.05, 3.63) is 65.5 Å². The van der Waals surface area contributed by atoms with E-state index in [0.717, 1.165) is 36.4 Å². The summed E-state index contributed by atoms with van der Waals surface area (Å²) in [6.07, 6.45) is 0. The second-order valence-corrected chi connectivity index (χ2v) is 6.85. The van der Waals surface area contributed by atoms with Crippen molar-refractivity contribution < 1.29 is 4.79 Å². The molecule has 3 aromatic rings. The molecule has 3 nitrogen and oxygen atoms in total. The Morgan fingerprint density at radius 3 is 2.30 bits per heavy atom.